The van der Waals surface area contributed by atoms with Crippen molar-refractivity contribution >= 4 is 35.2 Å². The summed E-state index contributed by atoms with van der Waals surface area (Å²) in [7, 11) is 3.91. The van der Waals surface area contributed by atoms with E-state index in [1.54, 1.807) is 24.3 Å². The summed E-state index contributed by atoms with van der Waals surface area (Å²) in [6.07, 6.45) is 3.49. The molecular weight excluding hydrogens is 534 g/mol. The van der Waals surface area contributed by atoms with E-state index in [2.05, 4.69) is 25.8 Å². The van der Waals surface area contributed by atoms with Crippen LogP contribution in [0.5, 0.6) is 0 Å². The Hall–Kier alpha value is -4.29. The number of anilines is 4. The Kier molecular flexibility index (Phi) is 9.78. The first-order valence-corrected chi connectivity index (χ1v) is 14.5. The lowest BCUT2D eigenvalue weighted by atomic mass is 10.1. The molecule has 2 fully saturated rings. The number of hydrogen-bond acceptors (Lipinski definition) is 9. The normalized spacial score (nSPS) is 15.4. The molecule has 3 N–H and O–H groups in total. The van der Waals surface area contributed by atoms with Gasteiger partial charge in [0.25, 0.3) is 5.91 Å². The molecule has 2 aliphatic heterocycles. The molecule has 0 saturated carbocycles. The van der Waals surface area contributed by atoms with Crippen LogP contribution in [-0.4, -0.2) is 98.4 Å². The van der Waals surface area contributed by atoms with Crippen molar-refractivity contribution in [3.63, 3.8) is 0 Å². The Morgan fingerprint density at radius 3 is 1.95 bits per heavy atom. The van der Waals surface area contributed by atoms with E-state index in [0.29, 0.717) is 54.4 Å². The highest BCUT2D eigenvalue weighted by Crippen LogP contribution is 2.25. The molecule has 12 nitrogen and oxygen atoms in total. The van der Waals surface area contributed by atoms with Crippen LogP contribution in [0.1, 0.15) is 29.6 Å². The molecule has 0 spiro atoms. The lowest BCUT2D eigenvalue weighted by molar-refractivity contribution is 0.0951. The third-order valence-corrected chi connectivity index (χ3v) is 7.20. The Balaban J connectivity index is 1.22. The summed E-state index contributed by atoms with van der Waals surface area (Å²) in [6, 6.07) is 13.9. The van der Waals surface area contributed by atoms with Crippen LogP contribution >= 0.6 is 0 Å². The second kappa shape index (κ2) is 14.1. The van der Waals surface area contributed by atoms with Crippen molar-refractivity contribution in [3.8, 4) is 11.4 Å². The van der Waals surface area contributed by atoms with Crippen molar-refractivity contribution in [1.29, 1.82) is 0 Å². The number of ether oxygens (including phenoxy) is 1. The molecule has 2 aliphatic rings. The number of urea groups is 1. The molecule has 1 aromatic heterocycles. The van der Waals surface area contributed by atoms with Crippen molar-refractivity contribution in [2.24, 2.45) is 0 Å². The monoisotopic (exact) mass is 573 g/mol. The van der Waals surface area contributed by atoms with Crippen LogP contribution in [0.25, 0.3) is 11.4 Å². The van der Waals surface area contributed by atoms with Crippen molar-refractivity contribution < 1.29 is 14.3 Å². The molecule has 0 radical (unpaired) electrons. The van der Waals surface area contributed by atoms with Crippen molar-refractivity contribution in [3.05, 3.63) is 54.1 Å². The van der Waals surface area contributed by atoms with E-state index in [1.807, 2.05) is 43.3 Å². The second-order valence-electron chi connectivity index (χ2n) is 10.7. The van der Waals surface area contributed by atoms with Gasteiger partial charge in [0.05, 0.1) is 13.2 Å². The van der Waals surface area contributed by atoms with Gasteiger partial charge in [-0.1, -0.05) is 0 Å². The average Bonchev–Trinajstić information content (AvgIpc) is 3.02. The summed E-state index contributed by atoms with van der Waals surface area (Å²) in [5.74, 6) is 1.84. The Morgan fingerprint density at radius 1 is 0.786 bits per heavy atom. The molecule has 0 atom stereocenters. The van der Waals surface area contributed by atoms with Crippen LogP contribution in [0.3, 0.4) is 0 Å². The van der Waals surface area contributed by atoms with Crippen LogP contribution in [0.2, 0.25) is 0 Å². The fourth-order valence-electron chi connectivity index (χ4n) is 4.82. The minimum absolute atomic E-state index is 0.147. The number of amides is 3. The summed E-state index contributed by atoms with van der Waals surface area (Å²) in [4.78, 5) is 45.8. The van der Waals surface area contributed by atoms with E-state index < -0.39 is 0 Å². The second-order valence-corrected chi connectivity index (χ2v) is 10.7. The van der Waals surface area contributed by atoms with E-state index >= 15 is 0 Å². The predicted octanol–water partition coefficient (Wildman–Crippen LogP) is 3.30. The Morgan fingerprint density at radius 2 is 1.36 bits per heavy atom. The first-order valence-electron chi connectivity index (χ1n) is 14.5. The number of rotatable bonds is 9. The molecule has 222 valence electrons. The Bertz CT molecular complexity index is 1300. The number of hydrogen-bond donors (Lipinski definition) is 3. The first kappa shape index (κ1) is 29.2. The van der Waals surface area contributed by atoms with Crippen LogP contribution in [0, 0.1) is 0 Å². The maximum atomic E-state index is 12.6. The van der Waals surface area contributed by atoms with E-state index in [1.165, 1.54) is 6.42 Å². The van der Waals surface area contributed by atoms with E-state index in [-0.39, 0.29) is 11.9 Å². The number of carbonyl (C=O) groups is 2. The SMILES string of the molecule is CN(C)CCNC(=O)c1ccc(NC(=O)Nc2ccc(-c3nc(N4CCCCC4)nc(N4CCOCC4)n3)cc2)cc1. The van der Waals surface area contributed by atoms with E-state index in [9.17, 15) is 9.59 Å². The average molecular weight is 574 g/mol. The lowest BCUT2D eigenvalue weighted by Gasteiger charge is -2.30. The number of piperidine rings is 1. The molecule has 2 aromatic carbocycles. The number of benzene rings is 2. The van der Waals surface area contributed by atoms with Gasteiger partial charge in [0.1, 0.15) is 0 Å². The zero-order valence-electron chi connectivity index (χ0n) is 24.3. The van der Waals surface area contributed by atoms with Crippen molar-refractivity contribution in [2.45, 2.75) is 19.3 Å². The third-order valence-electron chi connectivity index (χ3n) is 7.20. The fraction of sp³-hybridized carbons (Fsp3) is 0.433. The molecule has 0 aliphatic carbocycles. The smallest absolute Gasteiger partial charge is 0.323 e. The number of morpholine rings is 1. The van der Waals surface area contributed by atoms with Gasteiger partial charge in [-0.3, -0.25) is 4.79 Å². The molecular formula is C30H39N9O3. The summed E-state index contributed by atoms with van der Waals surface area (Å²) in [6.45, 7) is 6.00. The highest BCUT2D eigenvalue weighted by atomic mass is 16.5. The molecule has 2 saturated heterocycles. The van der Waals surface area contributed by atoms with Crippen molar-refractivity contribution in [2.75, 3.05) is 87.0 Å². The third kappa shape index (κ3) is 7.92. The minimum atomic E-state index is -0.381. The molecule has 12 heteroatoms. The van der Waals surface area contributed by atoms with Gasteiger partial charge in [0.15, 0.2) is 5.82 Å². The zero-order valence-corrected chi connectivity index (χ0v) is 24.3. The number of nitrogens with zero attached hydrogens (tertiary/aromatic N) is 6. The summed E-state index contributed by atoms with van der Waals surface area (Å²) in [5.41, 5.74) is 2.59. The van der Waals surface area contributed by atoms with Gasteiger partial charge in [-0.05, 0) is 81.9 Å². The number of aromatic nitrogens is 3. The maximum absolute atomic E-state index is 12.6. The summed E-state index contributed by atoms with van der Waals surface area (Å²) >= 11 is 0. The van der Waals surface area contributed by atoms with Gasteiger partial charge in [-0.25, -0.2) is 4.79 Å². The topological polar surface area (TPSA) is 128 Å². The molecule has 42 heavy (non-hydrogen) atoms. The Labute approximate surface area is 246 Å². The van der Waals surface area contributed by atoms with Crippen LogP contribution in [0.15, 0.2) is 48.5 Å². The number of carbonyl (C=O) groups excluding carboxylic acids is 2. The van der Waals surface area contributed by atoms with Gasteiger partial charge in [-0.15, -0.1) is 0 Å². The van der Waals surface area contributed by atoms with Gasteiger partial charge in [-0.2, -0.15) is 15.0 Å². The zero-order chi connectivity index (χ0) is 29.3. The van der Waals surface area contributed by atoms with E-state index in [0.717, 1.165) is 51.1 Å². The number of nitrogens with one attached hydrogen (secondary N) is 3. The van der Waals surface area contributed by atoms with Crippen LogP contribution in [0.4, 0.5) is 28.1 Å². The molecule has 3 amide bonds. The molecule has 3 aromatic rings. The quantitative estimate of drug-likeness (QED) is 0.353. The molecule has 0 unspecified atom stereocenters. The van der Waals surface area contributed by atoms with Crippen LogP contribution in [-0.2, 0) is 4.74 Å². The number of likely N-dealkylation sites (N-methyl/N-ethyl adjacent to an activating group) is 1. The largest absolute Gasteiger partial charge is 0.378 e. The molecule has 0 bridgehead atoms. The van der Waals surface area contributed by atoms with Crippen LogP contribution < -0.4 is 25.8 Å². The lowest BCUT2D eigenvalue weighted by Crippen LogP contribution is -2.38. The maximum Gasteiger partial charge on any atom is 0.323 e. The summed E-state index contributed by atoms with van der Waals surface area (Å²) in [5, 5.41) is 8.54. The van der Waals surface area contributed by atoms with E-state index in [4.69, 9.17) is 19.7 Å². The van der Waals surface area contributed by atoms with Gasteiger partial charge >= 0.3 is 6.03 Å². The predicted molar refractivity (Wildman–Crippen MR) is 164 cm³/mol. The van der Waals surface area contributed by atoms with Crippen molar-refractivity contribution in [1.82, 2.24) is 25.2 Å². The summed E-state index contributed by atoms with van der Waals surface area (Å²) < 4.78 is 5.52. The fourth-order valence-corrected chi connectivity index (χ4v) is 4.82. The molecule has 3 heterocycles. The van der Waals surface area contributed by atoms with Gasteiger partial charge < -0.3 is 35.4 Å². The van der Waals surface area contributed by atoms with Gasteiger partial charge in [0.2, 0.25) is 11.9 Å². The van der Waals surface area contributed by atoms with Gasteiger partial charge in [0, 0.05) is 61.8 Å². The minimum Gasteiger partial charge on any atom is -0.378 e. The standard InChI is InChI=1S/C30H39N9O3/c1-37(2)17-14-31-27(40)23-8-12-25(13-9-23)33-30(41)32-24-10-6-22(7-11-24)26-34-28(38-15-4-3-5-16-38)36-29(35-26)39-18-20-42-21-19-39/h6-13H,3-5,14-21H2,1-2H3,(H,31,40)(H2,32,33,41). The first-order chi connectivity index (χ1) is 20.4. The highest BCUT2D eigenvalue weighted by molar-refractivity contribution is 6.00. The molecule has 5 rings (SSSR count). The highest BCUT2D eigenvalue weighted by Gasteiger charge is 2.21.